The number of amides is 1. The van der Waals surface area contributed by atoms with Gasteiger partial charge in [-0.2, -0.15) is 0 Å². The molecule has 1 aliphatic carbocycles. The van der Waals surface area contributed by atoms with E-state index in [1.165, 1.54) is 11.8 Å². The monoisotopic (exact) mass is 229 g/mol. The van der Waals surface area contributed by atoms with Crippen LogP contribution in [0.5, 0.6) is 5.75 Å². The van der Waals surface area contributed by atoms with E-state index in [1.54, 1.807) is 4.90 Å². The topological polar surface area (TPSA) is 29.5 Å². The van der Waals surface area contributed by atoms with Crippen LogP contribution in [0.1, 0.15) is 23.5 Å². The highest BCUT2D eigenvalue weighted by atomic mass is 16.5. The highest BCUT2D eigenvalue weighted by Gasteiger charge is 2.52. The normalized spacial score (nSPS) is 25.1. The number of carbonyl (C=O) groups is 1. The molecule has 2 atom stereocenters. The zero-order valence-corrected chi connectivity index (χ0v) is 10.1. The van der Waals surface area contributed by atoms with Gasteiger partial charge in [-0.3, -0.25) is 4.79 Å². The summed E-state index contributed by atoms with van der Waals surface area (Å²) in [7, 11) is 1.84. The van der Waals surface area contributed by atoms with Crippen molar-refractivity contribution in [3.05, 3.63) is 36.1 Å². The summed E-state index contributed by atoms with van der Waals surface area (Å²) in [6.07, 6.45) is 2.41. The number of hydrogen-bond acceptors (Lipinski definition) is 2. The van der Waals surface area contributed by atoms with Gasteiger partial charge < -0.3 is 9.64 Å². The van der Waals surface area contributed by atoms with E-state index in [9.17, 15) is 4.79 Å². The number of ether oxygens (including phenoxy) is 1. The van der Waals surface area contributed by atoms with Gasteiger partial charge >= 0.3 is 0 Å². The minimum absolute atomic E-state index is 0.168. The predicted octanol–water partition coefficient (Wildman–Crippen LogP) is 2.60. The second-order valence-corrected chi connectivity index (χ2v) is 4.77. The van der Waals surface area contributed by atoms with Gasteiger partial charge in [0.1, 0.15) is 5.75 Å². The number of fused-ring (bicyclic) bond motifs is 3. The van der Waals surface area contributed by atoms with E-state index >= 15 is 0 Å². The van der Waals surface area contributed by atoms with Crippen LogP contribution in [-0.4, -0.2) is 13.0 Å². The van der Waals surface area contributed by atoms with E-state index in [0.29, 0.717) is 5.92 Å². The van der Waals surface area contributed by atoms with Gasteiger partial charge in [0.15, 0.2) is 0 Å². The Hall–Kier alpha value is -1.77. The van der Waals surface area contributed by atoms with E-state index in [2.05, 4.69) is 6.58 Å². The Morgan fingerprint density at radius 3 is 2.94 bits per heavy atom. The fraction of sp³-hybridized carbons (Fsp3) is 0.357. The number of rotatable bonds is 2. The van der Waals surface area contributed by atoms with Gasteiger partial charge in [0, 0.05) is 24.4 Å². The van der Waals surface area contributed by atoms with Crippen LogP contribution in [0.2, 0.25) is 0 Å². The van der Waals surface area contributed by atoms with Gasteiger partial charge in [0.2, 0.25) is 5.91 Å². The van der Waals surface area contributed by atoms with E-state index < -0.39 is 0 Å². The predicted molar refractivity (Wildman–Crippen MR) is 66.3 cm³/mol. The zero-order chi connectivity index (χ0) is 12.2. The molecular formula is C14H15NO2. The number of anilines is 1. The summed E-state index contributed by atoms with van der Waals surface area (Å²) in [6.45, 7) is 5.64. The molecule has 1 fully saturated rings. The Morgan fingerprint density at radius 1 is 1.47 bits per heavy atom. The van der Waals surface area contributed by atoms with Gasteiger partial charge in [-0.1, -0.05) is 12.6 Å². The summed E-state index contributed by atoms with van der Waals surface area (Å²) < 4.78 is 5.54. The molecule has 0 radical (unpaired) electrons. The van der Waals surface area contributed by atoms with Gasteiger partial charge in [0.25, 0.3) is 0 Å². The van der Waals surface area contributed by atoms with E-state index in [4.69, 9.17) is 4.74 Å². The smallest absolute Gasteiger partial charge is 0.230 e. The Kier molecular flexibility index (Phi) is 2.05. The lowest BCUT2D eigenvalue weighted by Gasteiger charge is -2.27. The fourth-order valence-electron chi connectivity index (χ4n) is 2.74. The first-order valence-electron chi connectivity index (χ1n) is 5.83. The molecule has 3 nitrogen and oxygen atoms in total. The summed E-state index contributed by atoms with van der Waals surface area (Å²) in [6, 6.07) is 4.00. The molecule has 1 aromatic carbocycles. The Bertz CT molecular complexity index is 521. The number of carbonyl (C=O) groups excluding carboxylic acids is 1. The average molecular weight is 229 g/mol. The van der Waals surface area contributed by atoms with Crippen molar-refractivity contribution in [2.24, 2.45) is 5.92 Å². The maximum atomic E-state index is 11.9. The molecular weight excluding hydrogens is 214 g/mol. The summed E-state index contributed by atoms with van der Waals surface area (Å²) in [5, 5.41) is 0. The Morgan fingerprint density at radius 2 is 2.24 bits per heavy atom. The molecule has 3 rings (SSSR count). The lowest BCUT2D eigenvalue weighted by atomic mass is 9.97. The lowest BCUT2D eigenvalue weighted by Crippen LogP contribution is -2.32. The first kappa shape index (κ1) is 10.4. The molecule has 1 aromatic rings. The van der Waals surface area contributed by atoms with E-state index in [0.717, 1.165) is 23.4 Å². The van der Waals surface area contributed by atoms with Crippen molar-refractivity contribution in [3.8, 4) is 5.75 Å². The first-order valence-corrected chi connectivity index (χ1v) is 5.83. The van der Waals surface area contributed by atoms with Crippen LogP contribution >= 0.6 is 0 Å². The van der Waals surface area contributed by atoms with Gasteiger partial charge in [-0.15, -0.1) is 0 Å². The summed E-state index contributed by atoms with van der Waals surface area (Å²) in [4.78, 5) is 13.7. The highest BCUT2D eigenvalue weighted by Crippen LogP contribution is 2.58. The molecule has 1 heterocycles. The van der Waals surface area contributed by atoms with Crippen molar-refractivity contribution in [1.82, 2.24) is 0 Å². The van der Waals surface area contributed by atoms with E-state index in [-0.39, 0.29) is 11.8 Å². The molecule has 1 saturated carbocycles. The largest absolute Gasteiger partial charge is 0.465 e. The maximum absolute atomic E-state index is 11.9. The molecule has 88 valence electrons. The molecule has 0 bridgehead atoms. The van der Waals surface area contributed by atoms with Gasteiger partial charge in [-0.25, -0.2) is 0 Å². The van der Waals surface area contributed by atoms with Crippen LogP contribution in [0.3, 0.4) is 0 Å². The van der Waals surface area contributed by atoms with Crippen molar-refractivity contribution in [3.63, 3.8) is 0 Å². The quantitative estimate of drug-likeness (QED) is 0.729. The second kappa shape index (κ2) is 3.36. The average Bonchev–Trinajstić information content (AvgIpc) is 3.09. The van der Waals surface area contributed by atoms with Crippen molar-refractivity contribution >= 4 is 11.6 Å². The fourth-order valence-corrected chi connectivity index (χ4v) is 2.74. The van der Waals surface area contributed by atoms with Gasteiger partial charge in [0.05, 0.1) is 11.9 Å². The number of nitrogens with zero attached hydrogens (tertiary/aromatic N) is 1. The third-order valence-electron chi connectivity index (χ3n) is 3.74. The molecule has 2 unspecified atom stereocenters. The number of hydrogen-bond donors (Lipinski definition) is 0. The second-order valence-electron chi connectivity index (χ2n) is 4.77. The standard InChI is InChI=1S/C14H15NO2/c1-4-17-13-8(2)5-6-11-12(13)9-7-10(9)14(16)15(11)3/h4-6,9-10H,1,7H2,2-3H3. The molecule has 2 aliphatic rings. The number of aryl methyl sites for hydroxylation is 1. The SMILES string of the molecule is C=COc1c(C)ccc2c1C1CC1C(=O)N2C. The van der Waals surface area contributed by atoms with Crippen molar-refractivity contribution in [2.75, 3.05) is 11.9 Å². The molecule has 0 N–H and O–H groups in total. The molecule has 1 aliphatic heterocycles. The van der Waals surface area contributed by atoms with E-state index in [1.807, 2.05) is 26.1 Å². The third-order valence-corrected chi connectivity index (χ3v) is 3.74. The van der Waals surface area contributed by atoms with Crippen LogP contribution in [0.4, 0.5) is 5.69 Å². The minimum Gasteiger partial charge on any atom is -0.465 e. The molecule has 1 amide bonds. The van der Waals surface area contributed by atoms with Crippen molar-refractivity contribution in [2.45, 2.75) is 19.3 Å². The maximum Gasteiger partial charge on any atom is 0.230 e. The molecule has 3 heteroatoms. The Labute approximate surface area is 101 Å². The Balaban J connectivity index is 2.20. The van der Waals surface area contributed by atoms with Crippen molar-refractivity contribution < 1.29 is 9.53 Å². The summed E-state index contributed by atoms with van der Waals surface area (Å²) in [5.41, 5.74) is 3.25. The van der Waals surface area contributed by atoms with Crippen LogP contribution in [0.25, 0.3) is 0 Å². The molecule has 0 aromatic heterocycles. The molecule has 0 saturated heterocycles. The number of benzene rings is 1. The molecule has 0 spiro atoms. The minimum atomic E-state index is 0.168. The summed E-state index contributed by atoms with van der Waals surface area (Å²) >= 11 is 0. The van der Waals surface area contributed by atoms with Gasteiger partial charge in [-0.05, 0) is 25.0 Å². The highest BCUT2D eigenvalue weighted by molar-refractivity contribution is 6.01. The summed E-state index contributed by atoms with van der Waals surface area (Å²) in [5.74, 6) is 1.63. The molecule has 17 heavy (non-hydrogen) atoms. The third kappa shape index (κ3) is 1.32. The zero-order valence-electron chi connectivity index (χ0n) is 10.1. The lowest BCUT2D eigenvalue weighted by molar-refractivity contribution is -0.119. The van der Waals surface area contributed by atoms with Crippen LogP contribution < -0.4 is 9.64 Å². The van der Waals surface area contributed by atoms with Crippen LogP contribution in [0, 0.1) is 12.8 Å². The van der Waals surface area contributed by atoms with Crippen LogP contribution in [-0.2, 0) is 4.79 Å². The van der Waals surface area contributed by atoms with Crippen molar-refractivity contribution in [1.29, 1.82) is 0 Å². The van der Waals surface area contributed by atoms with Crippen LogP contribution in [0.15, 0.2) is 25.0 Å². The first-order chi connectivity index (χ1) is 8.15.